The zero-order valence-corrected chi connectivity index (χ0v) is 20.8. The predicted octanol–water partition coefficient (Wildman–Crippen LogP) is 3.31. The Balaban J connectivity index is 1.83. The van der Waals surface area contributed by atoms with Crippen LogP contribution in [0, 0.1) is 11.6 Å². The van der Waals surface area contributed by atoms with Gasteiger partial charge in [0.1, 0.15) is 11.5 Å². The molecular formula is C25H26F5N5O3. The van der Waals surface area contributed by atoms with Gasteiger partial charge in [-0.25, -0.2) is 8.78 Å². The fourth-order valence-electron chi connectivity index (χ4n) is 4.78. The Kier molecular flexibility index (Phi) is 7.33. The van der Waals surface area contributed by atoms with E-state index in [0.29, 0.717) is 25.7 Å². The van der Waals surface area contributed by atoms with Crippen LogP contribution >= 0.6 is 0 Å². The summed E-state index contributed by atoms with van der Waals surface area (Å²) in [5.74, 6) is -3.45. The molecule has 204 valence electrons. The van der Waals surface area contributed by atoms with Crippen LogP contribution in [0.4, 0.5) is 33.3 Å². The maximum absolute atomic E-state index is 16.1. The molecule has 8 nitrogen and oxygen atoms in total. The summed E-state index contributed by atoms with van der Waals surface area (Å²) in [6.07, 6.45) is -2.45. The van der Waals surface area contributed by atoms with Gasteiger partial charge in [0.25, 0.3) is 5.91 Å². The largest absolute Gasteiger partial charge is 0.417 e. The third kappa shape index (κ3) is 5.15. The second-order valence-electron chi connectivity index (χ2n) is 9.55. The molecule has 2 atom stereocenters. The van der Waals surface area contributed by atoms with E-state index in [4.69, 9.17) is 0 Å². The average molecular weight is 540 g/mol. The van der Waals surface area contributed by atoms with Gasteiger partial charge in [-0.15, -0.1) is 0 Å². The third-order valence-electron chi connectivity index (χ3n) is 7.03. The van der Waals surface area contributed by atoms with Crippen LogP contribution in [0.3, 0.4) is 0 Å². The van der Waals surface area contributed by atoms with Gasteiger partial charge in [-0.2, -0.15) is 13.2 Å². The molecular weight excluding hydrogens is 513 g/mol. The number of pyridine rings is 1. The van der Waals surface area contributed by atoms with E-state index in [-0.39, 0.29) is 42.5 Å². The van der Waals surface area contributed by atoms with Crippen molar-refractivity contribution < 1.29 is 31.5 Å². The van der Waals surface area contributed by atoms with Crippen LogP contribution in [0.25, 0.3) is 5.57 Å². The van der Waals surface area contributed by atoms with E-state index in [1.807, 2.05) is 25.9 Å². The van der Waals surface area contributed by atoms with E-state index in [0.717, 1.165) is 6.07 Å². The van der Waals surface area contributed by atoms with Crippen molar-refractivity contribution in [2.45, 2.75) is 32.1 Å². The quantitative estimate of drug-likeness (QED) is 0.450. The van der Waals surface area contributed by atoms with E-state index in [1.165, 1.54) is 11.0 Å². The second kappa shape index (κ2) is 10.2. The maximum Gasteiger partial charge on any atom is 0.417 e. The maximum atomic E-state index is 16.1. The lowest BCUT2D eigenvalue weighted by molar-refractivity contribution is -0.138. The van der Waals surface area contributed by atoms with Crippen molar-refractivity contribution in [3.63, 3.8) is 0 Å². The van der Waals surface area contributed by atoms with Crippen molar-refractivity contribution in [2.24, 2.45) is 0 Å². The minimum absolute atomic E-state index is 0.0345. The molecule has 4 rings (SSSR count). The molecule has 0 saturated carbocycles. The van der Waals surface area contributed by atoms with Crippen LogP contribution in [-0.2, 0) is 11.0 Å². The van der Waals surface area contributed by atoms with Crippen LogP contribution in [0.1, 0.15) is 35.3 Å². The molecule has 0 bridgehead atoms. The van der Waals surface area contributed by atoms with Crippen LogP contribution in [0.2, 0.25) is 0 Å². The Morgan fingerprint density at radius 1 is 1.16 bits per heavy atom. The number of hydrogen-bond donors (Lipinski definition) is 2. The normalized spacial score (nSPS) is 20.5. The smallest absolute Gasteiger partial charge is 0.367 e. The standard InChI is InChI=1S/C25H26F5N5O3/c1-13-9-35(10-14(2)33(13)3)19-7-18(26)21(15-4-5-34(11-15)12-36)22(27)23(19)32-24(38)16-8-31-20(37)6-17(16)25(28,29)30/h4,6-8,12-14H,5,9-11H2,1-3H3,(H,31,37)(H,32,38). The molecule has 1 aromatic carbocycles. The topological polar surface area (TPSA) is 88.7 Å². The Hall–Kier alpha value is -3.74. The Labute approximate surface area is 214 Å². The Morgan fingerprint density at radius 2 is 1.82 bits per heavy atom. The molecule has 2 N–H and O–H groups in total. The van der Waals surface area contributed by atoms with Crippen LogP contribution < -0.4 is 15.8 Å². The van der Waals surface area contributed by atoms with E-state index in [2.05, 4.69) is 10.2 Å². The van der Waals surface area contributed by atoms with E-state index >= 15 is 8.78 Å². The number of carbonyl (C=O) groups excluding carboxylic acids is 2. The highest BCUT2D eigenvalue weighted by Crippen LogP contribution is 2.39. The number of benzene rings is 1. The Bertz CT molecular complexity index is 1340. The molecule has 38 heavy (non-hydrogen) atoms. The number of aromatic amines is 1. The van der Waals surface area contributed by atoms with Crippen LogP contribution in [-0.4, -0.2) is 72.4 Å². The van der Waals surface area contributed by atoms with Gasteiger partial charge in [-0.05, 0) is 26.5 Å². The highest BCUT2D eigenvalue weighted by atomic mass is 19.4. The first-order valence-electron chi connectivity index (χ1n) is 11.8. The van der Waals surface area contributed by atoms with Gasteiger partial charge in [-0.3, -0.25) is 19.3 Å². The number of nitrogens with one attached hydrogen (secondary N) is 2. The van der Waals surface area contributed by atoms with Crippen molar-refractivity contribution in [3.8, 4) is 0 Å². The molecule has 1 aromatic heterocycles. The first-order valence-corrected chi connectivity index (χ1v) is 11.8. The number of H-pyrrole nitrogens is 1. The number of aromatic nitrogens is 1. The number of nitrogens with zero attached hydrogens (tertiary/aromatic N) is 3. The average Bonchev–Trinajstić information content (AvgIpc) is 3.32. The summed E-state index contributed by atoms with van der Waals surface area (Å²) < 4.78 is 72.2. The molecule has 0 aliphatic carbocycles. The van der Waals surface area contributed by atoms with Gasteiger partial charge in [0, 0.05) is 56.6 Å². The summed E-state index contributed by atoms with van der Waals surface area (Å²) in [4.78, 5) is 42.8. The molecule has 2 aromatic rings. The highest BCUT2D eigenvalue weighted by molar-refractivity contribution is 6.07. The van der Waals surface area contributed by atoms with Gasteiger partial charge in [0.2, 0.25) is 12.0 Å². The van der Waals surface area contributed by atoms with Crippen molar-refractivity contribution >= 4 is 29.3 Å². The van der Waals surface area contributed by atoms with Gasteiger partial charge < -0.3 is 20.1 Å². The lowest BCUT2D eigenvalue weighted by atomic mass is 10.0. The lowest BCUT2D eigenvalue weighted by Gasteiger charge is -2.44. The number of likely N-dealkylation sites (N-methyl/N-ethyl adjacent to an activating group) is 1. The number of piperazine rings is 1. The molecule has 2 unspecified atom stereocenters. The summed E-state index contributed by atoms with van der Waals surface area (Å²) in [5.41, 5.74) is -4.35. The highest BCUT2D eigenvalue weighted by Gasteiger charge is 2.37. The number of amides is 2. The van der Waals surface area contributed by atoms with Crippen LogP contribution in [0.5, 0.6) is 0 Å². The van der Waals surface area contributed by atoms with Gasteiger partial charge in [0.05, 0.1) is 22.4 Å². The molecule has 3 heterocycles. The zero-order valence-electron chi connectivity index (χ0n) is 20.8. The molecule has 13 heteroatoms. The minimum Gasteiger partial charge on any atom is -0.367 e. The molecule has 1 fully saturated rings. The third-order valence-corrected chi connectivity index (χ3v) is 7.03. The van der Waals surface area contributed by atoms with Crippen molar-refractivity contribution in [1.29, 1.82) is 0 Å². The van der Waals surface area contributed by atoms with Gasteiger partial charge in [0.15, 0.2) is 5.82 Å². The molecule has 2 amide bonds. The van der Waals surface area contributed by atoms with Crippen molar-refractivity contribution in [2.75, 3.05) is 43.4 Å². The zero-order chi connectivity index (χ0) is 27.9. The number of hydrogen-bond acceptors (Lipinski definition) is 5. The summed E-state index contributed by atoms with van der Waals surface area (Å²) in [5, 5.41) is 2.21. The monoisotopic (exact) mass is 539 g/mol. The predicted molar refractivity (Wildman–Crippen MR) is 131 cm³/mol. The number of anilines is 2. The molecule has 2 aliphatic heterocycles. The van der Waals surface area contributed by atoms with Crippen molar-refractivity contribution in [1.82, 2.24) is 14.8 Å². The summed E-state index contributed by atoms with van der Waals surface area (Å²) in [6, 6.07) is 1.20. The molecule has 0 radical (unpaired) electrons. The summed E-state index contributed by atoms with van der Waals surface area (Å²) >= 11 is 0. The number of halogens is 5. The van der Waals surface area contributed by atoms with Gasteiger partial charge >= 0.3 is 6.18 Å². The van der Waals surface area contributed by atoms with E-state index in [9.17, 15) is 27.6 Å². The van der Waals surface area contributed by atoms with Crippen LogP contribution in [0.15, 0.2) is 29.2 Å². The summed E-state index contributed by atoms with van der Waals surface area (Å²) in [6.45, 7) is 4.53. The molecule has 1 saturated heterocycles. The fourth-order valence-corrected chi connectivity index (χ4v) is 4.78. The number of alkyl halides is 3. The van der Waals surface area contributed by atoms with Crippen molar-refractivity contribution in [3.05, 3.63) is 63.1 Å². The minimum atomic E-state index is -5.04. The first-order chi connectivity index (χ1) is 17.8. The van der Waals surface area contributed by atoms with E-state index < -0.39 is 51.7 Å². The summed E-state index contributed by atoms with van der Waals surface area (Å²) in [7, 11) is 1.90. The number of rotatable bonds is 5. The number of carbonyl (C=O) groups is 2. The fraction of sp³-hybridized carbons (Fsp3) is 0.400. The first kappa shape index (κ1) is 27.3. The molecule has 2 aliphatic rings. The van der Waals surface area contributed by atoms with Gasteiger partial charge in [-0.1, -0.05) is 6.08 Å². The lowest BCUT2D eigenvalue weighted by Crippen LogP contribution is -2.55. The van der Waals surface area contributed by atoms with E-state index in [1.54, 1.807) is 4.90 Å². The molecule has 0 spiro atoms. The second-order valence-corrected chi connectivity index (χ2v) is 9.55. The SMILES string of the molecule is CC1CN(c2cc(F)c(C3=CCN(C=O)C3)c(F)c2NC(=O)c2c[nH]c(=O)cc2C(F)(F)F)CC(C)N1C. The Morgan fingerprint density at radius 3 is 2.39 bits per heavy atom.